The number of nitrogens with zero attached hydrogens (tertiary/aromatic N) is 3. The minimum absolute atomic E-state index is 0.0182. The molecule has 6 heteroatoms. The van der Waals surface area contributed by atoms with Gasteiger partial charge < -0.3 is 14.0 Å². The lowest BCUT2D eigenvalue weighted by Crippen LogP contribution is -2.20. The largest absolute Gasteiger partial charge is 0.501 e. The Morgan fingerprint density at radius 2 is 2.03 bits per heavy atom. The van der Waals surface area contributed by atoms with E-state index >= 15 is 0 Å². The Labute approximate surface area is 203 Å². The summed E-state index contributed by atoms with van der Waals surface area (Å²) in [5, 5.41) is 0. The molecule has 2 aromatic heterocycles. The predicted octanol–water partition coefficient (Wildman–Crippen LogP) is 5.42. The topological polar surface area (TPSA) is 66.2 Å². The summed E-state index contributed by atoms with van der Waals surface area (Å²) in [5.74, 6) is 3.33. The van der Waals surface area contributed by atoms with Gasteiger partial charge in [-0.2, -0.15) is 4.98 Å². The monoisotopic (exact) mass is 463 g/mol. The van der Waals surface area contributed by atoms with Crippen LogP contribution in [0.25, 0.3) is 11.1 Å². The molecule has 0 N–H and O–H groups in total. The van der Waals surface area contributed by atoms with Crippen LogP contribution in [0, 0.1) is 24.7 Å². The molecular formula is C28H37N3O3. The third-order valence-corrected chi connectivity index (χ3v) is 6.81. The third-order valence-electron chi connectivity index (χ3n) is 6.81. The minimum Gasteiger partial charge on any atom is -0.501 e. The van der Waals surface area contributed by atoms with Crippen LogP contribution in [0.5, 0.6) is 5.88 Å². The van der Waals surface area contributed by atoms with Gasteiger partial charge >= 0.3 is 0 Å². The molecule has 3 atom stereocenters. The van der Waals surface area contributed by atoms with E-state index in [1.807, 2.05) is 39.1 Å². The van der Waals surface area contributed by atoms with Crippen LogP contribution >= 0.6 is 0 Å². The molecule has 2 heterocycles. The highest BCUT2D eigenvalue weighted by molar-refractivity contribution is 5.67. The lowest BCUT2D eigenvalue weighted by Gasteiger charge is -2.13. The maximum atomic E-state index is 12.4. The van der Waals surface area contributed by atoms with E-state index in [1.165, 1.54) is 5.57 Å². The van der Waals surface area contributed by atoms with E-state index in [4.69, 9.17) is 9.47 Å². The van der Waals surface area contributed by atoms with E-state index in [2.05, 4.69) is 36.5 Å². The molecule has 2 aromatic rings. The molecule has 1 aliphatic rings. The fourth-order valence-electron chi connectivity index (χ4n) is 4.37. The summed E-state index contributed by atoms with van der Waals surface area (Å²) in [7, 11) is 3.45. The van der Waals surface area contributed by atoms with Crippen LogP contribution in [0.2, 0.25) is 0 Å². The van der Waals surface area contributed by atoms with Crippen LogP contribution in [0.15, 0.2) is 58.9 Å². The first-order chi connectivity index (χ1) is 16.2. The lowest BCUT2D eigenvalue weighted by molar-refractivity contribution is 0.279. The van der Waals surface area contributed by atoms with E-state index in [9.17, 15) is 4.79 Å². The lowest BCUT2D eigenvalue weighted by atomic mass is 9.98. The van der Waals surface area contributed by atoms with Crippen molar-refractivity contribution in [3.05, 3.63) is 75.8 Å². The van der Waals surface area contributed by atoms with Crippen molar-refractivity contribution in [2.45, 2.75) is 47.5 Å². The Balaban J connectivity index is 1.85. The normalized spacial score (nSPS) is 20.3. The van der Waals surface area contributed by atoms with Crippen molar-refractivity contribution in [1.82, 2.24) is 14.5 Å². The standard InChI is InChI=1S/C28H37N3O3/c1-9-17(3)23(12-11-18(4)33-8)26-19(5)25(26)16-34-27-24(14-29-20(6)30-27)22-13-21(10-2)28(32)31(7)15-22/h11-15,19,25-26H,3,9-10,16H2,1-2,4-8H3. The molecule has 0 spiro atoms. The van der Waals surface area contributed by atoms with Gasteiger partial charge in [0.1, 0.15) is 5.82 Å². The second-order valence-electron chi connectivity index (χ2n) is 9.08. The van der Waals surface area contributed by atoms with Gasteiger partial charge in [0.05, 0.1) is 25.0 Å². The molecular weight excluding hydrogens is 426 g/mol. The quantitative estimate of drug-likeness (QED) is 0.348. The van der Waals surface area contributed by atoms with Gasteiger partial charge in [0.25, 0.3) is 5.56 Å². The summed E-state index contributed by atoms with van der Waals surface area (Å²) in [6, 6.07) is 1.92. The number of aromatic nitrogens is 3. The van der Waals surface area contributed by atoms with Crippen LogP contribution in [-0.2, 0) is 18.2 Å². The van der Waals surface area contributed by atoms with Gasteiger partial charge in [-0.15, -0.1) is 0 Å². The molecule has 0 bridgehead atoms. The first-order valence-electron chi connectivity index (χ1n) is 12.0. The van der Waals surface area contributed by atoms with Gasteiger partial charge in [0.2, 0.25) is 5.88 Å². The summed E-state index contributed by atoms with van der Waals surface area (Å²) in [6.45, 7) is 15.0. The Morgan fingerprint density at radius 1 is 1.29 bits per heavy atom. The second kappa shape index (κ2) is 10.9. The summed E-state index contributed by atoms with van der Waals surface area (Å²) in [6.07, 6.45) is 9.33. The molecule has 0 radical (unpaired) electrons. The number of methoxy groups -OCH3 is 1. The first kappa shape index (κ1) is 25.5. The number of hydrogen-bond donors (Lipinski definition) is 0. The van der Waals surface area contributed by atoms with Crippen molar-refractivity contribution >= 4 is 0 Å². The van der Waals surface area contributed by atoms with E-state index < -0.39 is 0 Å². The zero-order chi connectivity index (χ0) is 25.0. The second-order valence-corrected chi connectivity index (χ2v) is 9.08. The van der Waals surface area contributed by atoms with Crippen LogP contribution in [0.1, 0.15) is 45.5 Å². The van der Waals surface area contributed by atoms with E-state index in [-0.39, 0.29) is 5.56 Å². The fraction of sp³-hybridized carbons (Fsp3) is 0.464. The summed E-state index contributed by atoms with van der Waals surface area (Å²) in [5.41, 5.74) is 4.88. The Morgan fingerprint density at radius 3 is 2.68 bits per heavy atom. The molecule has 0 saturated heterocycles. The van der Waals surface area contributed by atoms with Crippen molar-refractivity contribution in [3.63, 3.8) is 0 Å². The van der Waals surface area contributed by atoms with Gasteiger partial charge in [-0.25, -0.2) is 4.98 Å². The van der Waals surface area contributed by atoms with E-state index in [0.717, 1.165) is 34.4 Å². The number of pyridine rings is 1. The highest BCUT2D eigenvalue weighted by Crippen LogP contribution is 2.53. The Hall–Kier alpha value is -3.15. The van der Waals surface area contributed by atoms with Crippen LogP contribution < -0.4 is 10.3 Å². The Kier molecular flexibility index (Phi) is 8.13. The van der Waals surface area contributed by atoms with Crippen molar-refractivity contribution in [1.29, 1.82) is 0 Å². The van der Waals surface area contributed by atoms with Gasteiger partial charge in [0.15, 0.2) is 0 Å². The van der Waals surface area contributed by atoms with Gasteiger partial charge in [-0.3, -0.25) is 4.79 Å². The van der Waals surface area contributed by atoms with Gasteiger partial charge in [-0.1, -0.05) is 39.0 Å². The van der Waals surface area contributed by atoms with Crippen LogP contribution in [0.3, 0.4) is 0 Å². The zero-order valence-corrected chi connectivity index (χ0v) is 21.5. The average molecular weight is 464 g/mol. The maximum absolute atomic E-state index is 12.4. The molecule has 1 aliphatic carbocycles. The fourth-order valence-corrected chi connectivity index (χ4v) is 4.37. The average Bonchev–Trinajstić information content (AvgIpc) is 3.47. The molecule has 34 heavy (non-hydrogen) atoms. The molecule has 0 amide bonds. The number of rotatable bonds is 10. The van der Waals surface area contributed by atoms with Crippen molar-refractivity contribution in [2.24, 2.45) is 24.8 Å². The minimum atomic E-state index is 0.0182. The molecule has 0 aromatic carbocycles. The molecule has 6 nitrogen and oxygen atoms in total. The van der Waals surface area contributed by atoms with Crippen LogP contribution in [-0.4, -0.2) is 28.3 Å². The SMILES string of the molecule is C=C(CC)C(=CC=C(C)OC)C1C(C)C1COc1nc(C)ncc1-c1cc(CC)c(=O)n(C)c1. The number of ether oxygens (including phenoxy) is 2. The van der Waals surface area contributed by atoms with Crippen LogP contribution in [0.4, 0.5) is 0 Å². The summed E-state index contributed by atoms with van der Waals surface area (Å²) < 4.78 is 13.2. The van der Waals surface area contributed by atoms with E-state index in [1.54, 1.807) is 24.9 Å². The van der Waals surface area contributed by atoms with Crippen molar-refractivity contribution in [3.8, 4) is 17.0 Å². The van der Waals surface area contributed by atoms with Gasteiger partial charge in [0, 0.05) is 36.5 Å². The number of aryl methyl sites for hydroxylation is 3. The molecule has 0 aliphatic heterocycles. The molecule has 1 saturated carbocycles. The maximum Gasteiger partial charge on any atom is 0.253 e. The highest BCUT2D eigenvalue weighted by Gasteiger charge is 2.49. The van der Waals surface area contributed by atoms with Gasteiger partial charge in [-0.05, 0) is 56.2 Å². The smallest absolute Gasteiger partial charge is 0.253 e. The van der Waals surface area contributed by atoms with E-state index in [0.29, 0.717) is 42.5 Å². The number of hydrogen-bond acceptors (Lipinski definition) is 5. The zero-order valence-electron chi connectivity index (χ0n) is 21.5. The molecule has 1 fully saturated rings. The van der Waals surface area contributed by atoms with Crippen molar-refractivity contribution < 1.29 is 9.47 Å². The predicted molar refractivity (Wildman–Crippen MR) is 137 cm³/mol. The molecule has 182 valence electrons. The Bertz CT molecular complexity index is 1180. The highest BCUT2D eigenvalue weighted by atomic mass is 16.5. The summed E-state index contributed by atoms with van der Waals surface area (Å²) >= 11 is 0. The number of allylic oxidation sites excluding steroid dienone is 5. The first-order valence-corrected chi connectivity index (χ1v) is 12.0. The molecule has 3 rings (SSSR count). The summed E-state index contributed by atoms with van der Waals surface area (Å²) in [4.78, 5) is 21.3. The van der Waals surface area contributed by atoms with Crippen molar-refractivity contribution in [2.75, 3.05) is 13.7 Å². The third kappa shape index (κ3) is 5.49. The molecule has 3 unspecified atom stereocenters.